The molecule has 2 aromatic carbocycles. The zero-order valence-corrected chi connectivity index (χ0v) is 23.7. The third-order valence-electron chi connectivity index (χ3n) is 6.82. The normalized spacial score (nSPS) is 15.3. The molecule has 0 saturated carbocycles. The van der Waals surface area contributed by atoms with E-state index in [4.69, 9.17) is 19.0 Å². The largest absolute Gasteiger partial charge is 0.533 e. The summed E-state index contributed by atoms with van der Waals surface area (Å²) in [6.07, 6.45) is -0.405. The van der Waals surface area contributed by atoms with Gasteiger partial charge >= 0.3 is 6.16 Å². The van der Waals surface area contributed by atoms with Gasteiger partial charge in [-0.15, -0.1) is 0 Å². The molecule has 1 saturated heterocycles. The molecule has 12 heteroatoms. The van der Waals surface area contributed by atoms with E-state index in [0.717, 1.165) is 23.1 Å². The van der Waals surface area contributed by atoms with Crippen LogP contribution in [0.15, 0.2) is 36.4 Å². The van der Waals surface area contributed by atoms with E-state index >= 15 is 0 Å². The molecule has 1 fully saturated rings. The van der Waals surface area contributed by atoms with Gasteiger partial charge in [-0.3, -0.25) is 24.0 Å². The summed E-state index contributed by atoms with van der Waals surface area (Å²) in [6.45, 7) is 6.29. The maximum Gasteiger partial charge on any atom is 0.533 e. The molecular weight excluding hydrogens is 546 g/mol. The van der Waals surface area contributed by atoms with Gasteiger partial charge in [0, 0.05) is 56.2 Å². The van der Waals surface area contributed by atoms with Crippen molar-refractivity contribution in [2.75, 3.05) is 46.1 Å². The van der Waals surface area contributed by atoms with Crippen LogP contribution in [0, 0.1) is 0 Å². The second-order valence-corrected chi connectivity index (χ2v) is 9.71. The van der Waals surface area contributed by atoms with Gasteiger partial charge in [-0.1, -0.05) is 24.1 Å². The molecule has 2 N–H and O–H groups in total. The highest BCUT2D eigenvalue weighted by atomic mass is 16.8. The number of nitrogens with zero attached hydrogens (tertiary/aromatic N) is 1. The van der Waals surface area contributed by atoms with E-state index in [1.165, 1.54) is 0 Å². The number of nitrogens with one attached hydrogen (secondary N) is 2. The van der Waals surface area contributed by atoms with Crippen molar-refractivity contribution in [3.8, 4) is 11.1 Å². The van der Waals surface area contributed by atoms with Crippen molar-refractivity contribution in [1.82, 2.24) is 15.7 Å². The van der Waals surface area contributed by atoms with Crippen LogP contribution in [0.25, 0.3) is 11.1 Å². The molecular formula is C30H35N3O9. The summed E-state index contributed by atoms with van der Waals surface area (Å²) in [4.78, 5) is 66.6. The molecule has 2 aliphatic rings. The first-order valence-electron chi connectivity index (χ1n) is 14.0. The topological polar surface area (TPSA) is 150 Å². The number of ether oxygens (including phenoxy) is 3. The van der Waals surface area contributed by atoms with Crippen molar-refractivity contribution in [2.24, 2.45) is 0 Å². The minimum absolute atomic E-state index is 0.0412. The van der Waals surface area contributed by atoms with Crippen LogP contribution in [0.3, 0.4) is 0 Å². The number of benzene rings is 2. The molecule has 2 aromatic rings. The van der Waals surface area contributed by atoms with Crippen molar-refractivity contribution in [3.05, 3.63) is 58.7 Å². The monoisotopic (exact) mass is 581 g/mol. The summed E-state index contributed by atoms with van der Waals surface area (Å²) < 4.78 is 16.1. The Hall–Kier alpha value is -4.29. The number of carbonyl (C=O) groups is 5. The summed E-state index contributed by atoms with van der Waals surface area (Å²) in [5.74, 6) is -2.37. The first-order valence-corrected chi connectivity index (χ1v) is 14.0. The highest BCUT2D eigenvalue weighted by molar-refractivity contribution is 6.01. The van der Waals surface area contributed by atoms with Crippen molar-refractivity contribution in [2.45, 2.75) is 39.0 Å². The Bertz CT molecular complexity index is 1330. The number of amides is 4. The Morgan fingerprint density at radius 1 is 0.810 bits per heavy atom. The molecule has 0 aromatic heterocycles. The van der Waals surface area contributed by atoms with Gasteiger partial charge in [0.1, 0.15) is 6.61 Å². The van der Waals surface area contributed by atoms with Gasteiger partial charge in [-0.25, -0.2) is 4.79 Å². The van der Waals surface area contributed by atoms with E-state index in [1.54, 1.807) is 24.3 Å². The molecule has 1 heterocycles. The molecule has 1 aliphatic heterocycles. The lowest BCUT2D eigenvalue weighted by Gasteiger charge is -2.17. The predicted octanol–water partition coefficient (Wildman–Crippen LogP) is 2.94. The number of imide groups is 1. The van der Waals surface area contributed by atoms with E-state index in [-0.39, 0.29) is 31.3 Å². The molecule has 1 unspecified atom stereocenters. The quantitative estimate of drug-likeness (QED) is 0.195. The molecule has 42 heavy (non-hydrogen) atoms. The van der Waals surface area contributed by atoms with E-state index in [9.17, 15) is 24.0 Å². The minimum Gasteiger partial charge on any atom is -0.432 e. The van der Waals surface area contributed by atoms with E-state index in [0.29, 0.717) is 61.3 Å². The molecule has 224 valence electrons. The molecule has 4 amide bonds. The fourth-order valence-electron chi connectivity index (χ4n) is 4.80. The summed E-state index contributed by atoms with van der Waals surface area (Å²) in [5.41, 5.74) is 3.89. The van der Waals surface area contributed by atoms with Gasteiger partial charge in [0.25, 0.3) is 23.6 Å². The lowest BCUT2D eigenvalue weighted by Crippen LogP contribution is -2.32. The lowest BCUT2D eigenvalue weighted by molar-refractivity contribution is -0.177. The fourth-order valence-corrected chi connectivity index (χ4v) is 4.80. The second-order valence-electron chi connectivity index (χ2n) is 9.71. The fraction of sp³-hybridized carbons (Fsp3) is 0.433. The third kappa shape index (κ3) is 7.31. The zero-order chi connectivity index (χ0) is 30.1. The molecule has 12 nitrogen and oxygen atoms in total. The van der Waals surface area contributed by atoms with Crippen molar-refractivity contribution in [3.63, 3.8) is 0 Å². The number of carbonyl (C=O) groups excluding carboxylic acids is 5. The summed E-state index contributed by atoms with van der Waals surface area (Å²) in [5, 5.41) is 6.06. The molecule has 1 atom stereocenters. The highest BCUT2D eigenvalue weighted by Gasteiger charge is 2.35. The average Bonchev–Trinajstić information content (AvgIpc) is 3.48. The first kappa shape index (κ1) is 30.7. The number of rotatable bonds is 14. The van der Waals surface area contributed by atoms with Crippen LogP contribution in [-0.2, 0) is 28.6 Å². The van der Waals surface area contributed by atoms with Gasteiger partial charge < -0.3 is 24.8 Å². The van der Waals surface area contributed by atoms with E-state index in [1.807, 2.05) is 26.0 Å². The number of hydrogen-bond donors (Lipinski definition) is 2. The minimum atomic E-state index is -1.21. The first-order chi connectivity index (χ1) is 20.3. The van der Waals surface area contributed by atoms with Gasteiger partial charge in [0.2, 0.25) is 0 Å². The Balaban J connectivity index is 1.54. The van der Waals surface area contributed by atoms with E-state index < -0.39 is 23.9 Å². The predicted molar refractivity (Wildman–Crippen MR) is 150 cm³/mol. The second kappa shape index (κ2) is 14.6. The van der Waals surface area contributed by atoms with Crippen LogP contribution >= 0.6 is 0 Å². The Morgan fingerprint density at radius 2 is 1.36 bits per heavy atom. The SMILES string of the molecule is CCCOCCNC(=O)c1ccc2c(c1)C(COC(=O)ON1C(=O)CCC1=O)c1cc(C(=O)NCCOCC)ccc1-2. The van der Waals surface area contributed by atoms with Crippen LogP contribution in [0.4, 0.5) is 4.79 Å². The molecule has 0 spiro atoms. The summed E-state index contributed by atoms with van der Waals surface area (Å²) in [7, 11) is 0. The van der Waals surface area contributed by atoms with Gasteiger partial charge in [-0.2, -0.15) is 0 Å². The van der Waals surface area contributed by atoms with Gasteiger partial charge in [0.05, 0.1) is 13.2 Å². The third-order valence-corrected chi connectivity index (χ3v) is 6.82. The van der Waals surface area contributed by atoms with E-state index in [2.05, 4.69) is 10.6 Å². The zero-order valence-electron chi connectivity index (χ0n) is 23.7. The standard InChI is InChI=1S/C30H35N3O9/c1-3-13-40-15-12-32-29(37)20-6-8-22-21-7-5-19(28(36)31-11-14-39-4-2)16-23(21)25(24(22)17-20)18-41-30(38)42-33-26(34)9-10-27(33)35/h5-8,16-17,25H,3-4,9-15,18H2,1-2H3,(H,31,36)(H,32,37). The highest BCUT2D eigenvalue weighted by Crippen LogP contribution is 2.45. The maximum absolute atomic E-state index is 12.9. The Morgan fingerprint density at radius 3 is 1.88 bits per heavy atom. The van der Waals surface area contributed by atoms with Crippen molar-refractivity contribution in [1.29, 1.82) is 0 Å². The molecule has 0 radical (unpaired) electrons. The van der Waals surface area contributed by atoms with Crippen LogP contribution in [0.5, 0.6) is 0 Å². The lowest BCUT2D eigenvalue weighted by atomic mass is 9.95. The Kier molecular flexibility index (Phi) is 10.6. The van der Waals surface area contributed by atoms with Gasteiger partial charge in [0.15, 0.2) is 0 Å². The van der Waals surface area contributed by atoms with Gasteiger partial charge in [-0.05, 0) is 59.9 Å². The van der Waals surface area contributed by atoms with Crippen LogP contribution in [-0.4, -0.2) is 81.0 Å². The molecule has 1 aliphatic carbocycles. The number of hydrogen-bond acceptors (Lipinski definition) is 9. The van der Waals surface area contributed by atoms with Crippen molar-refractivity contribution < 1.29 is 43.0 Å². The van der Waals surface area contributed by atoms with Crippen molar-refractivity contribution >= 4 is 29.8 Å². The maximum atomic E-state index is 12.9. The summed E-state index contributed by atoms with van der Waals surface area (Å²) in [6, 6.07) is 10.5. The average molecular weight is 582 g/mol. The van der Waals surface area contributed by atoms with Crippen LogP contribution < -0.4 is 10.6 Å². The summed E-state index contributed by atoms with van der Waals surface area (Å²) >= 11 is 0. The number of fused-ring (bicyclic) bond motifs is 3. The molecule has 0 bridgehead atoms. The smallest absolute Gasteiger partial charge is 0.432 e. The number of hydroxylamine groups is 2. The van der Waals surface area contributed by atoms with Crippen LogP contribution in [0.2, 0.25) is 0 Å². The van der Waals surface area contributed by atoms with Crippen LogP contribution in [0.1, 0.15) is 70.9 Å². The Labute approximate surface area is 243 Å². The molecule has 4 rings (SSSR count).